The normalized spacial score (nSPS) is 15.2. The van der Waals surface area contributed by atoms with Crippen LogP contribution in [0.2, 0.25) is 0 Å². The molecule has 2 aromatic rings. The Morgan fingerprint density at radius 2 is 2.08 bits per heavy atom. The van der Waals surface area contributed by atoms with Gasteiger partial charge in [0, 0.05) is 6.04 Å². The molecule has 1 fully saturated rings. The molecular formula is C18H24N4O2S. The molecule has 1 aliphatic carbocycles. The van der Waals surface area contributed by atoms with Gasteiger partial charge in [0.25, 0.3) is 0 Å². The predicted molar refractivity (Wildman–Crippen MR) is 97.7 cm³/mol. The average molecular weight is 360 g/mol. The Bertz CT molecular complexity index is 710. The summed E-state index contributed by atoms with van der Waals surface area (Å²) in [6.07, 6.45) is 4.10. The largest absolute Gasteiger partial charge is 0.497 e. The van der Waals surface area contributed by atoms with Crippen molar-refractivity contribution in [2.24, 2.45) is 5.92 Å². The van der Waals surface area contributed by atoms with E-state index in [1.54, 1.807) is 13.4 Å². The maximum absolute atomic E-state index is 12.4. The van der Waals surface area contributed by atoms with Gasteiger partial charge in [0.1, 0.15) is 12.1 Å². The third-order valence-electron chi connectivity index (χ3n) is 4.27. The smallest absolute Gasteiger partial charge is 0.230 e. The Kier molecular flexibility index (Phi) is 5.63. The highest BCUT2D eigenvalue weighted by atomic mass is 32.2. The van der Waals surface area contributed by atoms with Crippen molar-refractivity contribution in [1.29, 1.82) is 0 Å². The average Bonchev–Trinajstić information content (AvgIpc) is 3.35. The van der Waals surface area contributed by atoms with Gasteiger partial charge < -0.3 is 14.6 Å². The van der Waals surface area contributed by atoms with Gasteiger partial charge in [-0.3, -0.25) is 4.79 Å². The lowest BCUT2D eigenvalue weighted by Crippen LogP contribution is -2.33. The highest BCUT2D eigenvalue weighted by Crippen LogP contribution is 2.37. The molecule has 0 radical (unpaired) electrons. The number of thioether (sulfide) groups is 1. The number of benzene rings is 1. The Hall–Kier alpha value is -2.02. The maximum Gasteiger partial charge on any atom is 0.230 e. The van der Waals surface area contributed by atoms with E-state index in [-0.39, 0.29) is 17.9 Å². The van der Waals surface area contributed by atoms with Crippen molar-refractivity contribution in [2.75, 3.05) is 12.9 Å². The Balaban J connectivity index is 1.59. The molecule has 0 bridgehead atoms. The summed E-state index contributed by atoms with van der Waals surface area (Å²) in [5.74, 6) is 1.44. The molecule has 0 aliphatic heterocycles. The van der Waals surface area contributed by atoms with Gasteiger partial charge >= 0.3 is 0 Å². The molecule has 0 spiro atoms. The number of amides is 1. The molecule has 3 rings (SSSR count). The van der Waals surface area contributed by atoms with Gasteiger partial charge in [-0.2, -0.15) is 0 Å². The van der Waals surface area contributed by atoms with Gasteiger partial charge in [0.15, 0.2) is 5.16 Å². The first-order chi connectivity index (χ1) is 12.1. The highest BCUT2D eigenvalue weighted by Gasteiger charge is 2.26. The number of hydrogen-bond donors (Lipinski definition) is 1. The van der Waals surface area contributed by atoms with E-state index in [1.165, 1.54) is 24.6 Å². The number of rotatable bonds is 8. The second-order valence-corrected chi connectivity index (χ2v) is 7.55. The van der Waals surface area contributed by atoms with Crippen molar-refractivity contribution in [3.63, 3.8) is 0 Å². The van der Waals surface area contributed by atoms with Crippen LogP contribution < -0.4 is 10.1 Å². The lowest BCUT2D eigenvalue weighted by atomic mass is 9.96. The minimum Gasteiger partial charge on any atom is -0.497 e. The van der Waals surface area contributed by atoms with Gasteiger partial charge in [-0.25, -0.2) is 0 Å². The Morgan fingerprint density at radius 3 is 2.68 bits per heavy atom. The zero-order valence-corrected chi connectivity index (χ0v) is 15.6. The number of carbonyl (C=O) groups excluding carboxylic acids is 1. The number of nitrogens with one attached hydrogen (secondary N) is 1. The van der Waals surface area contributed by atoms with Crippen LogP contribution in [0.4, 0.5) is 0 Å². The monoisotopic (exact) mass is 360 g/mol. The number of methoxy groups -OCH3 is 1. The number of carbonyl (C=O) groups is 1. The first-order valence-electron chi connectivity index (χ1n) is 8.54. The van der Waals surface area contributed by atoms with E-state index in [2.05, 4.69) is 33.9 Å². The summed E-state index contributed by atoms with van der Waals surface area (Å²) in [6, 6.07) is 8.33. The summed E-state index contributed by atoms with van der Waals surface area (Å²) < 4.78 is 7.27. The maximum atomic E-state index is 12.4. The molecule has 1 atom stereocenters. The third kappa shape index (κ3) is 4.54. The topological polar surface area (TPSA) is 69.0 Å². The first kappa shape index (κ1) is 17.8. The fourth-order valence-electron chi connectivity index (χ4n) is 2.73. The lowest BCUT2D eigenvalue weighted by Gasteiger charge is -2.23. The van der Waals surface area contributed by atoms with Gasteiger partial charge in [-0.05, 0) is 36.5 Å². The zero-order chi connectivity index (χ0) is 17.8. The molecule has 0 saturated heterocycles. The summed E-state index contributed by atoms with van der Waals surface area (Å²) in [4.78, 5) is 12.4. The van der Waals surface area contributed by atoms with E-state index in [0.29, 0.717) is 11.8 Å². The Labute approximate surface area is 152 Å². The van der Waals surface area contributed by atoms with E-state index in [1.807, 2.05) is 24.3 Å². The van der Waals surface area contributed by atoms with Crippen molar-refractivity contribution in [3.05, 3.63) is 36.2 Å². The van der Waals surface area contributed by atoms with E-state index in [0.717, 1.165) is 16.5 Å². The van der Waals surface area contributed by atoms with Crippen LogP contribution in [0.3, 0.4) is 0 Å². The number of nitrogens with zero attached hydrogens (tertiary/aromatic N) is 3. The summed E-state index contributed by atoms with van der Waals surface area (Å²) in [5.41, 5.74) is 1.08. The van der Waals surface area contributed by atoms with Crippen LogP contribution in [0.1, 0.15) is 44.3 Å². The molecule has 6 nitrogen and oxygen atoms in total. The second kappa shape index (κ2) is 7.91. The number of ether oxygens (including phenoxy) is 1. The van der Waals surface area contributed by atoms with E-state index in [9.17, 15) is 4.79 Å². The van der Waals surface area contributed by atoms with Gasteiger partial charge in [-0.15, -0.1) is 10.2 Å². The van der Waals surface area contributed by atoms with Crippen LogP contribution in [0, 0.1) is 5.92 Å². The van der Waals surface area contributed by atoms with Crippen molar-refractivity contribution in [3.8, 4) is 5.75 Å². The van der Waals surface area contributed by atoms with Gasteiger partial charge in [-0.1, -0.05) is 37.7 Å². The van der Waals surface area contributed by atoms with Crippen LogP contribution in [-0.2, 0) is 4.79 Å². The van der Waals surface area contributed by atoms with Crippen LogP contribution in [0.15, 0.2) is 35.7 Å². The van der Waals surface area contributed by atoms with E-state index in [4.69, 9.17) is 4.74 Å². The van der Waals surface area contributed by atoms with Crippen LogP contribution in [0.25, 0.3) is 0 Å². The van der Waals surface area contributed by atoms with Gasteiger partial charge in [0.2, 0.25) is 5.91 Å². The summed E-state index contributed by atoms with van der Waals surface area (Å²) >= 11 is 1.44. The molecule has 25 heavy (non-hydrogen) atoms. The fraction of sp³-hybridized carbons (Fsp3) is 0.500. The highest BCUT2D eigenvalue weighted by molar-refractivity contribution is 7.99. The second-order valence-electron chi connectivity index (χ2n) is 6.60. The van der Waals surface area contributed by atoms with Crippen molar-refractivity contribution >= 4 is 17.7 Å². The van der Waals surface area contributed by atoms with Crippen LogP contribution in [-0.4, -0.2) is 33.5 Å². The summed E-state index contributed by atoms with van der Waals surface area (Å²) in [7, 11) is 1.65. The molecule has 1 aromatic heterocycles. The van der Waals surface area contributed by atoms with Gasteiger partial charge in [0.05, 0.1) is 18.9 Å². The molecule has 7 heteroatoms. The summed E-state index contributed by atoms with van der Waals surface area (Å²) in [5, 5.41) is 12.0. The molecule has 1 amide bonds. The SMILES string of the molecule is COc1ccc(C(NC(=O)CSc2nncn2C2CC2)C(C)C)cc1. The molecule has 1 aliphatic rings. The lowest BCUT2D eigenvalue weighted by molar-refractivity contribution is -0.119. The molecule has 1 heterocycles. The van der Waals surface area contributed by atoms with Crippen molar-refractivity contribution < 1.29 is 9.53 Å². The number of hydrogen-bond acceptors (Lipinski definition) is 5. The molecular weight excluding hydrogens is 336 g/mol. The molecule has 1 unspecified atom stereocenters. The van der Waals surface area contributed by atoms with Crippen molar-refractivity contribution in [1.82, 2.24) is 20.1 Å². The predicted octanol–water partition coefficient (Wildman–Crippen LogP) is 3.23. The van der Waals surface area contributed by atoms with Crippen LogP contribution >= 0.6 is 11.8 Å². The summed E-state index contributed by atoms with van der Waals surface area (Å²) in [6.45, 7) is 4.21. The van der Waals surface area contributed by atoms with Crippen molar-refractivity contribution in [2.45, 2.75) is 43.9 Å². The minimum atomic E-state index is -0.0275. The Morgan fingerprint density at radius 1 is 1.36 bits per heavy atom. The quantitative estimate of drug-likeness (QED) is 0.732. The van der Waals surface area contributed by atoms with Crippen LogP contribution in [0.5, 0.6) is 5.75 Å². The zero-order valence-electron chi connectivity index (χ0n) is 14.8. The third-order valence-corrected chi connectivity index (χ3v) is 5.23. The van der Waals surface area contributed by atoms with E-state index < -0.39 is 0 Å². The minimum absolute atomic E-state index is 0.00450. The van der Waals surface area contributed by atoms with E-state index >= 15 is 0 Å². The molecule has 1 saturated carbocycles. The first-order valence-corrected chi connectivity index (χ1v) is 9.52. The standard InChI is InChI=1S/C18H24N4O2S/c1-12(2)17(13-4-8-15(24-3)9-5-13)20-16(23)10-25-18-21-19-11-22(18)14-6-7-14/h4-5,8-9,11-12,14,17H,6-7,10H2,1-3H3,(H,20,23). The number of aromatic nitrogens is 3. The molecule has 1 N–H and O–H groups in total. The molecule has 1 aromatic carbocycles. The molecule has 134 valence electrons. The fourth-order valence-corrected chi connectivity index (χ4v) is 3.52.